The molecule has 98 valence electrons. The number of nitrogens with one attached hydrogen (secondary N) is 1. The number of piperazine rings is 1. The molecule has 0 bridgehead atoms. The summed E-state index contributed by atoms with van der Waals surface area (Å²) in [6.45, 7) is 4.80. The number of aromatic carboxylic acids is 1. The minimum atomic E-state index is -0.929. The van der Waals surface area contributed by atoms with Gasteiger partial charge in [0.05, 0.1) is 12.7 Å². The highest BCUT2D eigenvalue weighted by Crippen LogP contribution is 2.22. The van der Waals surface area contributed by atoms with Crippen LogP contribution in [-0.4, -0.2) is 49.3 Å². The normalized spacial score (nSPS) is 16.5. The minimum absolute atomic E-state index is 0.260. The van der Waals surface area contributed by atoms with Gasteiger partial charge in [0, 0.05) is 38.3 Å². The van der Waals surface area contributed by atoms with E-state index >= 15 is 0 Å². The quantitative estimate of drug-likeness (QED) is 0.827. The van der Waals surface area contributed by atoms with Gasteiger partial charge in [-0.15, -0.1) is 0 Å². The Morgan fingerprint density at radius 1 is 1.44 bits per heavy atom. The van der Waals surface area contributed by atoms with Crippen molar-refractivity contribution in [3.8, 4) is 5.75 Å². The Labute approximate surface area is 106 Å². The standard InChI is InChI=1S/C13H18N2O3/c1-18-12-8-10(13(16)17)2-3-11(12)9-15-6-4-14-5-7-15/h2-3,8,14H,4-7,9H2,1H3,(H,16,17). The first-order chi connectivity index (χ1) is 8.70. The van der Waals surface area contributed by atoms with Crippen LogP contribution in [0.15, 0.2) is 18.2 Å². The number of rotatable bonds is 4. The Morgan fingerprint density at radius 2 is 2.17 bits per heavy atom. The first-order valence-electron chi connectivity index (χ1n) is 6.04. The van der Waals surface area contributed by atoms with Crippen LogP contribution in [0.5, 0.6) is 5.75 Å². The zero-order chi connectivity index (χ0) is 13.0. The number of nitrogens with zero attached hydrogens (tertiary/aromatic N) is 1. The zero-order valence-corrected chi connectivity index (χ0v) is 10.5. The number of carboxylic acids is 1. The van der Waals surface area contributed by atoms with Crippen LogP contribution < -0.4 is 10.1 Å². The maximum atomic E-state index is 10.9. The topological polar surface area (TPSA) is 61.8 Å². The van der Waals surface area contributed by atoms with E-state index in [1.54, 1.807) is 19.2 Å². The maximum absolute atomic E-state index is 10.9. The highest BCUT2D eigenvalue weighted by atomic mass is 16.5. The molecule has 0 saturated carbocycles. The minimum Gasteiger partial charge on any atom is -0.496 e. The van der Waals surface area contributed by atoms with Crippen LogP contribution in [0.1, 0.15) is 15.9 Å². The Bertz CT molecular complexity index is 428. The van der Waals surface area contributed by atoms with E-state index < -0.39 is 5.97 Å². The summed E-state index contributed by atoms with van der Waals surface area (Å²) in [5.41, 5.74) is 1.29. The van der Waals surface area contributed by atoms with Crippen molar-refractivity contribution in [2.45, 2.75) is 6.54 Å². The van der Waals surface area contributed by atoms with E-state index in [0.717, 1.165) is 38.3 Å². The summed E-state index contributed by atoms with van der Waals surface area (Å²) in [5, 5.41) is 12.2. The van der Waals surface area contributed by atoms with E-state index in [1.807, 2.05) is 6.07 Å². The van der Waals surface area contributed by atoms with Gasteiger partial charge in [-0.1, -0.05) is 6.07 Å². The van der Waals surface area contributed by atoms with E-state index in [9.17, 15) is 4.79 Å². The molecule has 1 heterocycles. The van der Waals surface area contributed by atoms with Crippen molar-refractivity contribution in [2.24, 2.45) is 0 Å². The molecule has 2 rings (SSSR count). The molecule has 0 amide bonds. The summed E-state index contributed by atoms with van der Waals surface area (Å²) in [5.74, 6) is -0.282. The molecule has 1 fully saturated rings. The Morgan fingerprint density at radius 3 is 2.78 bits per heavy atom. The fraction of sp³-hybridized carbons (Fsp3) is 0.462. The van der Waals surface area contributed by atoms with Crippen LogP contribution >= 0.6 is 0 Å². The van der Waals surface area contributed by atoms with Crippen molar-refractivity contribution in [2.75, 3.05) is 33.3 Å². The molecule has 1 aliphatic rings. The lowest BCUT2D eigenvalue weighted by molar-refractivity contribution is 0.0696. The molecular formula is C13H18N2O3. The number of carbonyl (C=O) groups is 1. The predicted octanol–water partition coefficient (Wildman–Crippen LogP) is 0.799. The second-order valence-corrected chi connectivity index (χ2v) is 4.36. The van der Waals surface area contributed by atoms with Crippen LogP contribution in [0, 0.1) is 0 Å². The van der Waals surface area contributed by atoms with Gasteiger partial charge in [-0.05, 0) is 12.1 Å². The van der Waals surface area contributed by atoms with E-state index in [4.69, 9.17) is 9.84 Å². The Hall–Kier alpha value is -1.59. The number of hydrogen-bond donors (Lipinski definition) is 2. The molecule has 1 aromatic rings. The molecule has 0 radical (unpaired) electrons. The largest absolute Gasteiger partial charge is 0.496 e. The fourth-order valence-corrected chi connectivity index (χ4v) is 2.12. The molecule has 5 nitrogen and oxygen atoms in total. The highest BCUT2D eigenvalue weighted by Gasteiger charge is 2.14. The Balaban J connectivity index is 2.13. The SMILES string of the molecule is COc1cc(C(=O)O)ccc1CN1CCNCC1. The maximum Gasteiger partial charge on any atom is 0.335 e. The van der Waals surface area contributed by atoms with Crippen LogP contribution in [-0.2, 0) is 6.54 Å². The number of carboxylic acid groups (broad SMARTS) is 1. The van der Waals surface area contributed by atoms with Gasteiger partial charge in [0.2, 0.25) is 0 Å². The van der Waals surface area contributed by atoms with Gasteiger partial charge in [0.15, 0.2) is 0 Å². The van der Waals surface area contributed by atoms with Crippen molar-refractivity contribution in [3.05, 3.63) is 29.3 Å². The van der Waals surface area contributed by atoms with Gasteiger partial charge in [-0.25, -0.2) is 4.79 Å². The fourth-order valence-electron chi connectivity index (χ4n) is 2.12. The first-order valence-corrected chi connectivity index (χ1v) is 6.04. The molecule has 0 aliphatic carbocycles. The van der Waals surface area contributed by atoms with E-state index in [2.05, 4.69) is 10.2 Å². The molecule has 0 atom stereocenters. The molecule has 1 aromatic carbocycles. The molecule has 0 aromatic heterocycles. The summed E-state index contributed by atoms with van der Waals surface area (Å²) in [6, 6.07) is 5.05. The van der Waals surface area contributed by atoms with Crippen LogP contribution in [0.2, 0.25) is 0 Å². The lowest BCUT2D eigenvalue weighted by Crippen LogP contribution is -2.42. The van der Waals surface area contributed by atoms with Gasteiger partial charge >= 0.3 is 5.97 Å². The monoisotopic (exact) mass is 250 g/mol. The summed E-state index contributed by atoms with van der Waals surface area (Å²) in [6.07, 6.45) is 0. The van der Waals surface area contributed by atoms with Crippen molar-refractivity contribution in [1.82, 2.24) is 10.2 Å². The van der Waals surface area contributed by atoms with Gasteiger partial charge in [0.1, 0.15) is 5.75 Å². The van der Waals surface area contributed by atoms with E-state index in [-0.39, 0.29) is 5.56 Å². The number of methoxy groups -OCH3 is 1. The third-order valence-electron chi connectivity index (χ3n) is 3.14. The molecule has 18 heavy (non-hydrogen) atoms. The second-order valence-electron chi connectivity index (χ2n) is 4.36. The molecule has 0 unspecified atom stereocenters. The Kier molecular flexibility index (Phi) is 4.17. The molecular weight excluding hydrogens is 232 g/mol. The van der Waals surface area contributed by atoms with Crippen molar-refractivity contribution in [1.29, 1.82) is 0 Å². The number of benzene rings is 1. The van der Waals surface area contributed by atoms with E-state index in [1.165, 1.54) is 0 Å². The van der Waals surface area contributed by atoms with Crippen LogP contribution in [0.4, 0.5) is 0 Å². The third kappa shape index (κ3) is 3.00. The first kappa shape index (κ1) is 12.9. The predicted molar refractivity (Wildman–Crippen MR) is 68.1 cm³/mol. The lowest BCUT2D eigenvalue weighted by atomic mass is 10.1. The molecule has 0 spiro atoms. The van der Waals surface area contributed by atoms with Crippen molar-refractivity contribution in [3.63, 3.8) is 0 Å². The molecule has 1 saturated heterocycles. The molecule has 1 aliphatic heterocycles. The summed E-state index contributed by atoms with van der Waals surface area (Å²) in [7, 11) is 1.57. The highest BCUT2D eigenvalue weighted by molar-refractivity contribution is 5.88. The van der Waals surface area contributed by atoms with Gasteiger partial charge < -0.3 is 15.2 Å². The third-order valence-corrected chi connectivity index (χ3v) is 3.14. The summed E-state index contributed by atoms with van der Waals surface area (Å²) in [4.78, 5) is 13.2. The van der Waals surface area contributed by atoms with Crippen molar-refractivity contribution < 1.29 is 14.6 Å². The van der Waals surface area contributed by atoms with Crippen molar-refractivity contribution >= 4 is 5.97 Å². The average Bonchev–Trinajstić information content (AvgIpc) is 2.40. The van der Waals surface area contributed by atoms with Gasteiger partial charge in [-0.2, -0.15) is 0 Å². The van der Waals surface area contributed by atoms with Crippen LogP contribution in [0.3, 0.4) is 0 Å². The van der Waals surface area contributed by atoms with Crippen LogP contribution in [0.25, 0.3) is 0 Å². The zero-order valence-electron chi connectivity index (χ0n) is 10.5. The summed E-state index contributed by atoms with van der Waals surface area (Å²) < 4.78 is 5.27. The molecule has 2 N–H and O–H groups in total. The lowest BCUT2D eigenvalue weighted by Gasteiger charge is -2.27. The summed E-state index contributed by atoms with van der Waals surface area (Å²) >= 11 is 0. The second kappa shape index (κ2) is 5.84. The smallest absolute Gasteiger partial charge is 0.335 e. The van der Waals surface area contributed by atoms with E-state index in [0.29, 0.717) is 5.75 Å². The van der Waals surface area contributed by atoms with Gasteiger partial charge in [-0.3, -0.25) is 4.90 Å². The average molecular weight is 250 g/mol. The number of hydrogen-bond acceptors (Lipinski definition) is 4. The molecule has 5 heteroatoms. The van der Waals surface area contributed by atoms with Gasteiger partial charge in [0.25, 0.3) is 0 Å². The number of ether oxygens (including phenoxy) is 1.